The van der Waals surface area contributed by atoms with Gasteiger partial charge in [-0.3, -0.25) is 4.79 Å². The fraction of sp³-hybridized carbons (Fsp3) is 0.308. The normalized spacial score (nSPS) is 12.6. The molecule has 1 unspecified atom stereocenters. The molecule has 2 aromatic rings. The minimum atomic E-state index is -0.248. The standard InChI is InChI=1S/C13H15NO3/c1-9(6-7-15)14-13(16)12-8-10-4-2-3-5-11(10)17-12/h2-5,8-9,15H,6-7H2,1H3,(H,14,16). The molecule has 0 radical (unpaired) electrons. The predicted octanol–water partition coefficient (Wildman–Crippen LogP) is 1.93. The first-order valence-corrected chi connectivity index (χ1v) is 5.61. The van der Waals surface area contributed by atoms with Crippen LogP contribution in [-0.2, 0) is 0 Å². The highest BCUT2D eigenvalue weighted by molar-refractivity contribution is 5.96. The maximum atomic E-state index is 11.8. The number of benzene rings is 1. The van der Waals surface area contributed by atoms with Gasteiger partial charge in [-0.2, -0.15) is 0 Å². The number of amides is 1. The molecule has 0 bridgehead atoms. The number of hydrogen-bond donors (Lipinski definition) is 2. The summed E-state index contributed by atoms with van der Waals surface area (Å²) in [5.41, 5.74) is 0.701. The van der Waals surface area contributed by atoms with E-state index in [0.717, 1.165) is 5.39 Å². The van der Waals surface area contributed by atoms with Crippen molar-refractivity contribution in [2.45, 2.75) is 19.4 Å². The summed E-state index contributed by atoms with van der Waals surface area (Å²) in [6.45, 7) is 1.90. The van der Waals surface area contributed by atoms with Crippen LogP contribution in [0.25, 0.3) is 11.0 Å². The Balaban J connectivity index is 2.13. The minimum absolute atomic E-state index is 0.0571. The molecule has 17 heavy (non-hydrogen) atoms. The third kappa shape index (κ3) is 2.65. The molecule has 0 spiro atoms. The fourth-order valence-corrected chi connectivity index (χ4v) is 1.65. The topological polar surface area (TPSA) is 62.5 Å². The van der Waals surface area contributed by atoms with Gasteiger partial charge in [-0.25, -0.2) is 0 Å². The summed E-state index contributed by atoms with van der Waals surface area (Å²) >= 11 is 0. The summed E-state index contributed by atoms with van der Waals surface area (Å²) in [4.78, 5) is 11.8. The zero-order valence-corrected chi connectivity index (χ0v) is 9.64. The van der Waals surface area contributed by atoms with Crippen LogP contribution in [0.2, 0.25) is 0 Å². The second kappa shape index (κ2) is 5.01. The number of nitrogens with one attached hydrogen (secondary N) is 1. The molecule has 1 heterocycles. The fourth-order valence-electron chi connectivity index (χ4n) is 1.65. The van der Waals surface area contributed by atoms with Crippen molar-refractivity contribution in [3.8, 4) is 0 Å². The molecule has 0 saturated heterocycles. The molecule has 90 valence electrons. The summed E-state index contributed by atoms with van der Waals surface area (Å²) in [5.74, 6) is 0.0538. The van der Waals surface area contributed by atoms with Crippen molar-refractivity contribution in [3.05, 3.63) is 36.1 Å². The number of rotatable bonds is 4. The summed E-state index contributed by atoms with van der Waals surface area (Å²) in [6, 6.07) is 9.13. The summed E-state index contributed by atoms with van der Waals surface area (Å²) in [6.07, 6.45) is 0.534. The first-order valence-electron chi connectivity index (χ1n) is 5.61. The molecular weight excluding hydrogens is 218 g/mol. The number of aliphatic hydroxyl groups is 1. The molecular formula is C13H15NO3. The molecule has 4 heteroatoms. The molecule has 1 aromatic heterocycles. The molecule has 0 aliphatic rings. The lowest BCUT2D eigenvalue weighted by Gasteiger charge is -2.10. The van der Waals surface area contributed by atoms with E-state index in [1.807, 2.05) is 31.2 Å². The summed E-state index contributed by atoms with van der Waals surface area (Å²) < 4.78 is 5.43. The Morgan fingerprint density at radius 1 is 1.47 bits per heavy atom. The van der Waals surface area contributed by atoms with E-state index in [-0.39, 0.29) is 18.6 Å². The average Bonchev–Trinajstić information content (AvgIpc) is 2.72. The SMILES string of the molecule is CC(CCO)NC(=O)c1cc2ccccc2o1. The largest absolute Gasteiger partial charge is 0.451 e. The number of furan rings is 1. The van der Waals surface area contributed by atoms with Crippen LogP contribution in [0.3, 0.4) is 0 Å². The monoisotopic (exact) mass is 233 g/mol. The average molecular weight is 233 g/mol. The zero-order chi connectivity index (χ0) is 12.3. The van der Waals surface area contributed by atoms with Crippen LogP contribution in [0, 0.1) is 0 Å². The van der Waals surface area contributed by atoms with E-state index in [4.69, 9.17) is 9.52 Å². The molecule has 2 N–H and O–H groups in total. The van der Waals surface area contributed by atoms with Crippen molar-refractivity contribution in [2.24, 2.45) is 0 Å². The molecule has 1 amide bonds. The van der Waals surface area contributed by atoms with Crippen LogP contribution in [0.5, 0.6) is 0 Å². The third-order valence-corrected chi connectivity index (χ3v) is 2.59. The number of para-hydroxylation sites is 1. The number of aliphatic hydroxyl groups excluding tert-OH is 1. The maximum absolute atomic E-state index is 11.8. The van der Waals surface area contributed by atoms with Gasteiger partial charge in [0.05, 0.1) is 0 Å². The Morgan fingerprint density at radius 3 is 2.94 bits per heavy atom. The van der Waals surface area contributed by atoms with E-state index in [0.29, 0.717) is 17.8 Å². The van der Waals surface area contributed by atoms with E-state index in [9.17, 15) is 4.79 Å². The highest BCUT2D eigenvalue weighted by Crippen LogP contribution is 2.18. The smallest absolute Gasteiger partial charge is 0.287 e. The van der Waals surface area contributed by atoms with Gasteiger partial charge in [0, 0.05) is 18.0 Å². The molecule has 0 aliphatic carbocycles. The van der Waals surface area contributed by atoms with Gasteiger partial charge in [-0.1, -0.05) is 18.2 Å². The van der Waals surface area contributed by atoms with Gasteiger partial charge in [0.25, 0.3) is 5.91 Å². The van der Waals surface area contributed by atoms with Crippen molar-refractivity contribution < 1.29 is 14.3 Å². The molecule has 0 fully saturated rings. The molecule has 0 aliphatic heterocycles. The van der Waals surface area contributed by atoms with Crippen LogP contribution >= 0.6 is 0 Å². The first kappa shape index (κ1) is 11.7. The zero-order valence-electron chi connectivity index (χ0n) is 9.64. The lowest BCUT2D eigenvalue weighted by atomic mass is 10.2. The Bertz CT molecular complexity index is 485. The van der Waals surface area contributed by atoms with Crippen molar-refractivity contribution in [1.29, 1.82) is 0 Å². The molecule has 1 aromatic carbocycles. The highest BCUT2D eigenvalue weighted by atomic mass is 16.3. The second-order valence-electron chi connectivity index (χ2n) is 4.04. The van der Waals surface area contributed by atoms with Crippen LogP contribution in [0.1, 0.15) is 23.9 Å². The van der Waals surface area contributed by atoms with Crippen LogP contribution in [-0.4, -0.2) is 23.7 Å². The number of carbonyl (C=O) groups excluding carboxylic acids is 1. The lowest BCUT2D eigenvalue weighted by molar-refractivity contribution is 0.0908. The molecule has 2 rings (SSSR count). The van der Waals surface area contributed by atoms with Gasteiger partial charge in [0.15, 0.2) is 5.76 Å². The van der Waals surface area contributed by atoms with E-state index in [2.05, 4.69) is 5.32 Å². The quantitative estimate of drug-likeness (QED) is 0.848. The second-order valence-corrected chi connectivity index (χ2v) is 4.04. The van der Waals surface area contributed by atoms with Gasteiger partial charge >= 0.3 is 0 Å². The van der Waals surface area contributed by atoms with E-state index in [1.54, 1.807) is 6.07 Å². The van der Waals surface area contributed by atoms with E-state index < -0.39 is 0 Å². The van der Waals surface area contributed by atoms with Crippen LogP contribution in [0.4, 0.5) is 0 Å². The maximum Gasteiger partial charge on any atom is 0.287 e. The lowest BCUT2D eigenvalue weighted by Crippen LogP contribution is -2.32. The van der Waals surface area contributed by atoms with Gasteiger partial charge in [-0.05, 0) is 25.5 Å². The summed E-state index contributed by atoms with van der Waals surface area (Å²) in [7, 11) is 0. The molecule has 4 nitrogen and oxygen atoms in total. The van der Waals surface area contributed by atoms with Crippen molar-refractivity contribution in [2.75, 3.05) is 6.61 Å². The predicted molar refractivity (Wildman–Crippen MR) is 64.8 cm³/mol. The van der Waals surface area contributed by atoms with Gasteiger partial charge in [-0.15, -0.1) is 0 Å². The van der Waals surface area contributed by atoms with Crippen molar-refractivity contribution in [1.82, 2.24) is 5.32 Å². The van der Waals surface area contributed by atoms with E-state index >= 15 is 0 Å². The third-order valence-electron chi connectivity index (χ3n) is 2.59. The van der Waals surface area contributed by atoms with E-state index in [1.165, 1.54) is 0 Å². The van der Waals surface area contributed by atoms with Crippen molar-refractivity contribution >= 4 is 16.9 Å². The number of hydrogen-bond acceptors (Lipinski definition) is 3. The Hall–Kier alpha value is -1.81. The molecule has 1 atom stereocenters. The van der Waals surface area contributed by atoms with Gasteiger partial charge in [0.1, 0.15) is 5.58 Å². The van der Waals surface area contributed by atoms with Crippen LogP contribution in [0.15, 0.2) is 34.7 Å². The van der Waals surface area contributed by atoms with Crippen LogP contribution < -0.4 is 5.32 Å². The van der Waals surface area contributed by atoms with Crippen molar-refractivity contribution in [3.63, 3.8) is 0 Å². The first-order chi connectivity index (χ1) is 8.20. The Labute approximate surface area is 99.2 Å². The number of carbonyl (C=O) groups is 1. The Kier molecular flexibility index (Phi) is 3.44. The number of fused-ring (bicyclic) bond motifs is 1. The van der Waals surface area contributed by atoms with Gasteiger partial charge in [0.2, 0.25) is 0 Å². The Morgan fingerprint density at radius 2 is 2.24 bits per heavy atom. The summed E-state index contributed by atoms with van der Waals surface area (Å²) in [5, 5.41) is 12.4. The highest BCUT2D eigenvalue weighted by Gasteiger charge is 2.13. The minimum Gasteiger partial charge on any atom is -0.451 e. The molecule has 0 saturated carbocycles. The van der Waals surface area contributed by atoms with Gasteiger partial charge < -0.3 is 14.8 Å².